The molecule has 0 saturated heterocycles. The summed E-state index contributed by atoms with van der Waals surface area (Å²) in [5, 5.41) is 0. The molecular formula is C10H9FO3. The summed E-state index contributed by atoms with van der Waals surface area (Å²) in [7, 11) is 0. The van der Waals surface area contributed by atoms with Gasteiger partial charge in [0.25, 0.3) is 0 Å². The van der Waals surface area contributed by atoms with Crippen LogP contribution < -0.4 is 0 Å². The monoisotopic (exact) mass is 196 g/mol. The van der Waals surface area contributed by atoms with Gasteiger partial charge in [0.2, 0.25) is 0 Å². The van der Waals surface area contributed by atoms with Crippen molar-refractivity contribution >= 4 is 11.9 Å². The summed E-state index contributed by atoms with van der Waals surface area (Å²) in [4.78, 5) is 21.7. The number of rotatable bonds is 2. The molecule has 14 heavy (non-hydrogen) atoms. The van der Waals surface area contributed by atoms with Crippen LogP contribution in [0.15, 0.2) is 24.3 Å². The lowest BCUT2D eigenvalue weighted by Gasteiger charge is -2.02. The van der Waals surface area contributed by atoms with Crippen molar-refractivity contribution in [3.05, 3.63) is 35.4 Å². The predicted octanol–water partition coefficient (Wildman–Crippen LogP) is 1.65. The molecule has 0 saturated carbocycles. The third kappa shape index (κ3) is 2.39. The van der Waals surface area contributed by atoms with Crippen molar-refractivity contribution in [2.24, 2.45) is 0 Å². The molecule has 0 atom stereocenters. The van der Waals surface area contributed by atoms with Crippen LogP contribution in [0.3, 0.4) is 0 Å². The summed E-state index contributed by atoms with van der Waals surface area (Å²) < 4.78 is 16.0. The van der Waals surface area contributed by atoms with E-state index in [9.17, 15) is 14.0 Å². The molecule has 1 rings (SSSR count). The molecule has 0 aliphatic rings. The minimum absolute atomic E-state index is 0.273. The van der Waals surface area contributed by atoms with Crippen LogP contribution in [0.1, 0.15) is 15.9 Å². The molecule has 3 nitrogen and oxygen atoms in total. The number of carbonyl (C=O) groups excluding carboxylic acids is 2. The van der Waals surface area contributed by atoms with Gasteiger partial charge in [0, 0.05) is 0 Å². The second kappa shape index (κ2) is 4.50. The Morgan fingerprint density at radius 1 is 1.36 bits per heavy atom. The Hall–Kier alpha value is -1.71. The summed E-state index contributed by atoms with van der Waals surface area (Å²) in [6, 6.07) is 6.62. The standard InChI is InChI=1S/C10H9FO3/c1-7-4-2-3-5-8(7)10(13)14-9(12)6-11/h2-5H,6H2,1H3. The summed E-state index contributed by atoms with van der Waals surface area (Å²) >= 11 is 0. The summed E-state index contributed by atoms with van der Waals surface area (Å²) in [5.74, 6) is -1.98. The van der Waals surface area contributed by atoms with Crippen LogP contribution in [-0.4, -0.2) is 18.6 Å². The maximum Gasteiger partial charge on any atom is 0.346 e. The highest BCUT2D eigenvalue weighted by molar-refractivity contribution is 5.98. The van der Waals surface area contributed by atoms with Gasteiger partial charge in [-0.3, -0.25) is 0 Å². The van der Waals surface area contributed by atoms with E-state index in [1.54, 1.807) is 25.1 Å². The molecule has 0 unspecified atom stereocenters. The van der Waals surface area contributed by atoms with Gasteiger partial charge in [-0.05, 0) is 18.6 Å². The lowest BCUT2D eigenvalue weighted by Crippen LogP contribution is -2.14. The molecule has 1 aromatic rings. The molecule has 0 heterocycles. The molecule has 0 amide bonds. The van der Waals surface area contributed by atoms with Crippen molar-refractivity contribution in [3.8, 4) is 0 Å². The maximum atomic E-state index is 11.7. The Bertz CT molecular complexity index is 360. The highest BCUT2D eigenvalue weighted by Gasteiger charge is 2.13. The number of hydrogen-bond donors (Lipinski definition) is 0. The molecule has 0 spiro atoms. The lowest BCUT2D eigenvalue weighted by atomic mass is 10.1. The van der Waals surface area contributed by atoms with Crippen LogP contribution in [0.5, 0.6) is 0 Å². The van der Waals surface area contributed by atoms with Gasteiger partial charge in [-0.25, -0.2) is 14.0 Å². The van der Waals surface area contributed by atoms with Crippen molar-refractivity contribution in [3.63, 3.8) is 0 Å². The van der Waals surface area contributed by atoms with E-state index in [4.69, 9.17) is 0 Å². The third-order valence-electron chi connectivity index (χ3n) is 1.68. The first-order valence-electron chi connectivity index (χ1n) is 4.01. The minimum atomic E-state index is -1.29. The molecule has 0 aromatic heterocycles. The highest BCUT2D eigenvalue weighted by Crippen LogP contribution is 2.08. The van der Waals surface area contributed by atoms with Gasteiger partial charge in [0.15, 0.2) is 6.67 Å². The van der Waals surface area contributed by atoms with Crippen molar-refractivity contribution < 1.29 is 18.7 Å². The number of hydrogen-bond acceptors (Lipinski definition) is 3. The molecule has 0 aliphatic carbocycles. The van der Waals surface area contributed by atoms with Gasteiger partial charge in [0.05, 0.1) is 5.56 Å². The number of benzene rings is 1. The summed E-state index contributed by atoms with van der Waals surface area (Å²) in [6.45, 7) is 0.411. The van der Waals surface area contributed by atoms with Crippen LogP contribution in [0.25, 0.3) is 0 Å². The molecule has 4 heteroatoms. The largest absolute Gasteiger partial charge is 0.387 e. The molecule has 0 N–H and O–H groups in total. The van der Waals surface area contributed by atoms with E-state index < -0.39 is 18.6 Å². The second-order valence-electron chi connectivity index (χ2n) is 2.71. The first-order valence-corrected chi connectivity index (χ1v) is 4.01. The number of aryl methyl sites for hydroxylation is 1. The third-order valence-corrected chi connectivity index (χ3v) is 1.68. The molecule has 0 aliphatic heterocycles. The number of ether oxygens (including phenoxy) is 1. The smallest absolute Gasteiger partial charge is 0.346 e. The van der Waals surface area contributed by atoms with Gasteiger partial charge in [-0.15, -0.1) is 0 Å². The first kappa shape index (κ1) is 10.4. The van der Waals surface area contributed by atoms with Crippen molar-refractivity contribution in [2.75, 3.05) is 6.67 Å². The lowest BCUT2D eigenvalue weighted by molar-refractivity contribution is -0.138. The van der Waals surface area contributed by atoms with Gasteiger partial charge in [0.1, 0.15) is 0 Å². The normalized spacial score (nSPS) is 9.57. The van der Waals surface area contributed by atoms with Crippen LogP contribution in [0.2, 0.25) is 0 Å². The second-order valence-corrected chi connectivity index (χ2v) is 2.71. The van der Waals surface area contributed by atoms with E-state index in [1.807, 2.05) is 0 Å². The zero-order chi connectivity index (χ0) is 10.6. The number of esters is 2. The van der Waals surface area contributed by atoms with Crippen molar-refractivity contribution in [1.82, 2.24) is 0 Å². The molecule has 1 aromatic carbocycles. The molecule has 0 radical (unpaired) electrons. The Morgan fingerprint density at radius 2 is 2.00 bits per heavy atom. The van der Waals surface area contributed by atoms with Gasteiger partial charge < -0.3 is 4.74 Å². The number of alkyl halides is 1. The fraction of sp³-hybridized carbons (Fsp3) is 0.200. The molecule has 74 valence electrons. The van der Waals surface area contributed by atoms with Gasteiger partial charge in [-0.1, -0.05) is 18.2 Å². The first-order chi connectivity index (χ1) is 6.65. The molecule has 0 bridgehead atoms. The van der Waals surface area contributed by atoms with Crippen LogP contribution in [0, 0.1) is 6.92 Å². The summed E-state index contributed by atoms with van der Waals surface area (Å²) in [5.41, 5.74) is 0.957. The minimum Gasteiger partial charge on any atom is -0.387 e. The number of halogens is 1. The Morgan fingerprint density at radius 3 is 2.57 bits per heavy atom. The Kier molecular flexibility index (Phi) is 3.34. The van der Waals surface area contributed by atoms with E-state index in [1.165, 1.54) is 6.07 Å². The van der Waals surface area contributed by atoms with Crippen LogP contribution in [-0.2, 0) is 9.53 Å². The molecule has 0 fully saturated rings. The average Bonchev–Trinajstić information content (AvgIpc) is 2.18. The fourth-order valence-electron chi connectivity index (χ4n) is 0.988. The summed E-state index contributed by atoms with van der Waals surface area (Å²) in [6.07, 6.45) is 0. The van der Waals surface area contributed by atoms with E-state index >= 15 is 0 Å². The fourth-order valence-corrected chi connectivity index (χ4v) is 0.988. The Labute approximate surface area is 80.5 Å². The average molecular weight is 196 g/mol. The van der Waals surface area contributed by atoms with Crippen LogP contribution in [0.4, 0.5) is 4.39 Å². The van der Waals surface area contributed by atoms with E-state index in [2.05, 4.69) is 4.74 Å². The predicted molar refractivity (Wildman–Crippen MR) is 47.6 cm³/mol. The zero-order valence-corrected chi connectivity index (χ0v) is 7.62. The topological polar surface area (TPSA) is 43.4 Å². The number of carbonyl (C=O) groups is 2. The van der Waals surface area contributed by atoms with Crippen molar-refractivity contribution in [2.45, 2.75) is 6.92 Å². The van der Waals surface area contributed by atoms with Crippen LogP contribution >= 0.6 is 0 Å². The van der Waals surface area contributed by atoms with Gasteiger partial charge in [-0.2, -0.15) is 0 Å². The highest BCUT2D eigenvalue weighted by atomic mass is 19.1. The Balaban J connectivity index is 2.80. The maximum absolute atomic E-state index is 11.7. The van der Waals surface area contributed by atoms with Gasteiger partial charge >= 0.3 is 11.9 Å². The van der Waals surface area contributed by atoms with E-state index in [0.29, 0.717) is 5.56 Å². The zero-order valence-electron chi connectivity index (χ0n) is 7.62. The van der Waals surface area contributed by atoms with E-state index in [0.717, 1.165) is 0 Å². The van der Waals surface area contributed by atoms with E-state index in [-0.39, 0.29) is 5.56 Å². The SMILES string of the molecule is Cc1ccccc1C(=O)OC(=O)CF. The quantitative estimate of drug-likeness (QED) is 0.533. The van der Waals surface area contributed by atoms with Crippen molar-refractivity contribution in [1.29, 1.82) is 0 Å². The molecular weight excluding hydrogens is 187 g/mol.